The van der Waals surface area contributed by atoms with Crippen molar-refractivity contribution in [2.45, 2.75) is 32.1 Å². The lowest BCUT2D eigenvalue weighted by atomic mass is 9.74. The summed E-state index contributed by atoms with van der Waals surface area (Å²) in [6.07, 6.45) is 2.12. The zero-order valence-corrected chi connectivity index (χ0v) is 34.1. The van der Waals surface area contributed by atoms with Crippen LogP contribution in [0.3, 0.4) is 0 Å². The van der Waals surface area contributed by atoms with Gasteiger partial charge in [0.1, 0.15) is 0 Å². The molecule has 0 radical (unpaired) electrons. The van der Waals surface area contributed by atoms with E-state index in [0.717, 1.165) is 24.2 Å². The highest BCUT2D eigenvalue weighted by atomic mass is 32.1. The summed E-state index contributed by atoms with van der Waals surface area (Å²) < 4.78 is 2.70. The van der Waals surface area contributed by atoms with Gasteiger partial charge >= 0.3 is 0 Å². The van der Waals surface area contributed by atoms with Crippen LogP contribution in [0.25, 0.3) is 75.5 Å². The number of rotatable bonds is 8. The molecule has 0 unspecified atom stereocenters. The van der Waals surface area contributed by atoms with Crippen LogP contribution in [0.2, 0.25) is 0 Å². The number of thiophene rings is 1. The molecule has 0 saturated carbocycles. The Balaban J connectivity index is 1.01. The monoisotopic (exact) mass is 773 g/mol. The topological polar surface area (TPSA) is 3.24 Å². The van der Waals surface area contributed by atoms with E-state index in [1.54, 1.807) is 0 Å². The molecule has 10 aromatic rings. The summed E-state index contributed by atoms with van der Waals surface area (Å²) in [5.74, 6) is 0. The Labute approximate surface area is 350 Å². The molecule has 0 amide bonds. The quantitative estimate of drug-likeness (QED) is 0.149. The first-order valence-corrected chi connectivity index (χ1v) is 21.7. The van der Waals surface area contributed by atoms with E-state index in [1.165, 1.54) is 92.3 Å². The normalized spacial score (nSPS) is 12.8. The van der Waals surface area contributed by atoms with Crippen LogP contribution >= 0.6 is 11.3 Å². The molecule has 1 heterocycles. The van der Waals surface area contributed by atoms with Crippen molar-refractivity contribution in [3.63, 3.8) is 0 Å². The van der Waals surface area contributed by atoms with Crippen molar-refractivity contribution in [2.75, 3.05) is 4.90 Å². The molecule has 11 rings (SSSR count). The van der Waals surface area contributed by atoms with Gasteiger partial charge in [-0.25, -0.2) is 0 Å². The van der Waals surface area contributed by atoms with Crippen LogP contribution in [0.5, 0.6) is 0 Å². The number of benzene rings is 9. The lowest BCUT2D eigenvalue weighted by molar-refractivity contribution is 0.490. The summed E-state index contributed by atoms with van der Waals surface area (Å²) in [7, 11) is 0. The fourth-order valence-corrected chi connectivity index (χ4v) is 11.1. The second-order valence-electron chi connectivity index (χ2n) is 15.9. The highest BCUT2D eigenvalue weighted by Crippen LogP contribution is 2.54. The summed E-state index contributed by atoms with van der Waals surface area (Å²) >= 11 is 1.90. The molecule has 0 fully saturated rings. The lowest BCUT2D eigenvalue weighted by Crippen LogP contribution is -2.23. The molecule has 0 N–H and O–H groups in total. The predicted molar refractivity (Wildman–Crippen MR) is 255 cm³/mol. The summed E-state index contributed by atoms with van der Waals surface area (Å²) in [5.41, 5.74) is 16.4. The molecule has 282 valence electrons. The van der Waals surface area contributed by atoms with Gasteiger partial charge in [-0.15, -0.1) is 11.3 Å². The minimum Gasteiger partial charge on any atom is -0.310 e. The minimum atomic E-state index is -0.0125. The van der Waals surface area contributed by atoms with E-state index < -0.39 is 0 Å². The van der Waals surface area contributed by atoms with Gasteiger partial charge in [-0.1, -0.05) is 172 Å². The van der Waals surface area contributed by atoms with Gasteiger partial charge in [-0.05, 0) is 116 Å². The molecular formula is C57H43NS. The van der Waals surface area contributed by atoms with Crippen molar-refractivity contribution in [3.05, 3.63) is 211 Å². The number of anilines is 3. The van der Waals surface area contributed by atoms with E-state index in [9.17, 15) is 0 Å². The smallest absolute Gasteiger partial charge is 0.0465 e. The average molecular weight is 774 g/mol. The predicted octanol–water partition coefficient (Wildman–Crippen LogP) is 16.8. The Kier molecular flexibility index (Phi) is 8.57. The minimum absolute atomic E-state index is 0.0125. The molecule has 0 spiro atoms. The summed E-state index contributed by atoms with van der Waals surface area (Å²) in [4.78, 5) is 2.44. The first-order chi connectivity index (χ1) is 29.1. The van der Waals surface area contributed by atoms with Crippen LogP contribution in [0, 0.1) is 0 Å². The molecular weight excluding hydrogens is 731 g/mol. The van der Waals surface area contributed by atoms with Crippen LogP contribution in [0.1, 0.15) is 37.8 Å². The van der Waals surface area contributed by atoms with Crippen molar-refractivity contribution in [1.29, 1.82) is 0 Å². The third-order valence-corrected chi connectivity index (χ3v) is 14.2. The average Bonchev–Trinajstić information content (AvgIpc) is 3.83. The zero-order chi connectivity index (χ0) is 39.5. The molecule has 0 atom stereocenters. The SMILES string of the molecule is CCC1(CC)c2ccccc2-c2ccc(N(c3ccc(-c4ccc(-c5ccccc5)cc4)cc3)c3ccc(-c4cccc5c4ccc4c6ccccc6sc54)cc3)cc21. The van der Waals surface area contributed by atoms with Gasteiger partial charge in [0.05, 0.1) is 0 Å². The molecule has 59 heavy (non-hydrogen) atoms. The molecule has 0 bridgehead atoms. The molecule has 0 aliphatic heterocycles. The van der Waals surface area contributed by atoms with Crippen molar-refractivity contribution < 1.29 is 0 Å². The van der Waals surface area contributed by atoms with E-state index in [2.05, 4.69) is 219 Å². The maximum Gasteiger partial charge on any atom is 0.0465 e. The Bertz CT molecular complexity index is 3150. The number of hydrogen-bond donors (Lipinski definition) is 0. The summed E-state index contributed by atoms with van der Waals surface area (Å²) in [5, 5.41) is 5.28. The number of hydrogen-bond acceptors (Lipinski definition) is 2. The number of fused-ring (bicyclic) bond motifs is 8. The molecule has 1 aliphatic rings. The maximum atomic E-state index is 2.48. The molecule has 2 heteroatoms. The third-order valence-electron chi connectivity index (χ3n) is 13.0. The van der Waals surface area contributed by atoms with Crippen LogP contribution < -0.4 is 4.90 Å². The molecule has 1 aliphatic carbocycles. The van der Waals surface area contributed by atoms with Crippen molar-refractivity contribution in [3.8, 4) is 44.5 Å². The van der Waals surface area contributed by atoms with Crippen molar-refractivity contribution >= 4 is 59.3 Å². The fourth-order valence-electron chi connectivity index (χ4n) is 9.91. The van der Waals surface area contributed by atoms with Crippen LogP contribution in [0.15, 0.2) is 200 Å². The standard InChI is InChI=1S/C57H43NS/c1-3-57(4-2)53-19-10-8-15-48(53)49-34-33-45(37-54(49)57)58(43-29-25-41(26-30-43)40-23-21-39(22-24-40)38-13-6-5-7-14-38)44-31-27-42(28-32-44)46-17-12-18-51-47(46)35-36-52-50-16-9-11-20-55(50)59-56(51)52/h5-37H,3-4H2,1-2H3. The van der Waals surface area contributed by atoms with Gasteiger partial charge in [-0.3, -0.25) is 0 Å². The van der Waals surface area contributed by atoms with E-state index >= 15 is 0 Å². The lowest BCUT2D eigenvalue weighted by Gasteiger charge is -2.32. The van der Waals surface area contributed by atoms with E-state index in [0.29, 0.717) is 0 Å². The molecule has 1 nitrogen and oxygen atoms in total. The maximum absolute atomic E-state index is 2.48. The Morgan fingerprint density at radius 3 is 1.59 bits per heavy atom. The Morgan fingerprint density at radius 2 is 0.881 bits per heavy atom. The van der Waals surface area contributed by atoms with Crippen molar-refractivity contribution in [2.24, 2.45) is 0 Å². The van der Waals surface area contributed by atoms with E-state index in [4.69, 9.17) is 0 Å². The summed E-state index contributed by atoms with van der Waals surface area (Å²) in [6.45, 7) is 4.70. The largest absolute Gasteiger partial charge is 0.310 e. The zero-order valence-electron chi connectivity index (χ0n) is 33.3. The number of nitrogens with zero attached hydrogens (tertiary/aromatic N) is 1. The van der Waals surface area contributed by atoms with Crippen LogP contribution in [0.4, 0.5) is 17.1 Å². The van der Waals surface area contributed by atoms with Gasteiger partial charge in [0.2, 0.25) is 0 Å². The highest BCUT2D eigenvalue weighted by molar-refractivity contribution is 7.26. The van der Waals surface area contributed by atoms with Gasteiger partial charge in [0.15, 0.2) is 0 Å². The first kappa shape index (κ1) is 35.4. The molecule has 0 saturated heterocycles. The Morgan fingerprint density at radius 1 is 0.373 bits per heavy atom. The Hall–Kier alpha value is -6.74. The third kappa shape index (κ3) is 5.74. The fraction of sp³-hybridized carbons (Fsp3) is 0.0877. The van der Waals surface area contributed by atoms with Crippen LogP contribution in [-0.4, -0.2) is 0 Å². The van der Waals surface area contributed by atoms with Crippen molar-refractivity contribution in [1.82, 2.24) is 0 Å². The first-order valence-electron chi connectivity index (χ1n) is 20.9. The van der Waals surface area contributed by atoms with Gasteiger partial charge < -0.3 is 4.90 Å². The van der Waals surface area contributed by atoms with Gasteiger partial charge in [-0.2, -0.15) is 0 Å². The highest BCUT2D eigenvalue weighted by Gasteiger charge is 2.40. The molecule has 1 aromatic heterocycles. The second kappa shape index (κ2) is 14.3. The van der Waals surface area contributed by atoms with Gasteiger partial charge in [0.25, 0.3) is 0 Å². The molecule has 9 aromatic carbocycles. The van der Waals surface area contributed by atoms with Crippen LogP contribution in [-0.2, 0) is 5.41 Å². The van der Waals surface area contributed by atoms with Gasteiger partial charge in [0, 0.05) is 48.0 Å². The van der Waals surface area contributed by atoms with E-state index in [1.807, 2.05) is 11.3 Å². The summed E-state index contributed by atoms with van der Waals surface area (Å²) in [6, 6.07) is 74.2. The second-order valence-corrected chi connectivity index (χ2v) is 16.9. The van der Waals surface area contributed by atoms with E-state index in [-0.39, 0.29) is 5.41 Å².